The van der Waals surface area contributed by atoms with Crippen molar-refractivity contribution in [1.29, 1.82) is 0 Å². The summed E-state index contributed by atoms with van der Waals surface area (Å²) in [5, 5.41) is 6.06. The molecular formula is C15H15N3OS. The third-order valence-electron chi connectivity index (χ3n) is 3.15. The molecule has 0 saturated heterocycles. The van der Waals surface area contributed by atoms with Gasteiger partial charge in [0.05, 0.1) is 11.1 Å². The molecule has 0 aliphatic rings. The molecule has 0 radical (unpaired) electrons. The average Bonchev–Trinajstić information content (AvgIpc) is 2.96. The van der Waals surface area contributed by atoms with Crippen LogP contribution in [0.4, 0.5) is 0 Å². The van der Waals surface area contributed by atoms with Crippen molar-refractivity contribution in [3.63, 3.8) is 0 Å². The molecule has 0 bridgehead atoms. The summed E-state index contributed by atoms with van der Waals surface area (Å²) in [7, 11) is 0. The van der Waals surface area contributed by atoms with Crippen LogP contribution >= 0.6 is 11.3 Å². The van der Waals surface area contributed by atoms with Crippen LogP contribution in [0.25, 0.3) is 10.1 Å². The summed E-state index contributed by atoms with van der Waals surface area (Å²) in [6.07, 6.45) is 3.65. The lowest BCUT2D eigenvalue weighted by Gasteiger charge is -2.07. The van der Waals surface area contributed by atoms with Gasteiger partial charge in [-0.1, -0.05) is 6.07 Å². The van der Waals surface area contributed by atoms with Gasteiger partial charge in [0, 0.05) is 36.7 Å². The number of thiophene rings is 1. The van der Waals surface area contributed by atoms with E-state index in [0.29, 0.717) is 6.54 Å². The largest absolute Gasteiger partial charge is 0.314 e. The minimum absolute atomic E-state index is 0.0865. The van der Waals surface area contributed by atoms with Gasteiger partial charge >= 0.3 is 0 Å². The molecule has 0 aromatic carbocycles. The van der Waals surface area contributed by atoms with Crippen molar-refractivity contribution in [2.24, 2.45) is 0 Å². The third kappa shape index (κ3) is 2.79. The van der Waals surface area contributed by atoms with Crippen molar-refractivity contribution in [2.75, 3.05) is 6.54 Å². The quantitative estimate of drug-likeness (QED) is 0.731. The highest BCUT2D eigenvalue weighted by Crippen LogP contribution is 2.15. The lowest BCUT2D eigenvalue weighted by molar-refractivity contribution is 0.583. The van der Waals surface area contributed by atoms with Crippen molar-refractivity contribution < 1.29 is 0 Å². The van der Waals surface area contributed by atoms with Gasteiger partial charge in [-0.25, -0.2) is 0 Å². The van der Waals surface area contributed by atoms with Gasteiger partial charge in [-0.05, 0) is 29.6 Å². The van der Waals surface area contributed by atoms with Gasteiger partial charge < -0.3 is 9.88 Å². The highest BCUT2D eigenvalue weighted by Gasteiger charge is 2.03. The van der Waals surface area contributed by atoms with Crippen molar-refractivity contribution in [2.45, 2.75) is 13.1 Å². The Morgan fingerprint density at radius 2 is 2.20 bits per heavy atom. The van der Waals surface area contributed by atoms with E-state index in [2.05, 4.69) is 10.3 Å². The summed E-state index contributed by atoms with van der Waals surface area (Å²) in [6, 6.07) is 9.75. The second-order valence-electron chi connectivity index (χ2n) is 4.51. The maximum absolute atomic E-state index is 12.2. The highest BCUT2D eigenvalue weighted by atomic mass is 32.1. The van der Waals surface area contributed by atoms with Gasteiger partial charge in [0.1, 0.15) is 0 Å². The Labute approximate surface area is 120 Å². The Hall–Kier alpha value is -1.98. The fraction of sp³-hybridized carbons (Fsp3) is 0.200. The first kappa shape index (κ1) is 13.0. The van der Waals surface area contributed by atoms with Gasteiger partial charge in [0.2, 0.25) is 0 Å². The van der Waals surface area contributed by atoms with Gasteiger partial charge in [0.15, 0.2) is 0 Å². The summed E-state index contributed by atoms with van der Waals surface area (Å²) < 4.78 is 2.80. The first-order valence-electron chi connectivity index (χ1n) is 6.52. The predicted octanol–water partition coefficient (Wildman–Crippen LogP) is 2.25. The number of fused-ring (bicyclic) bond motifs is 1. The van der Waals surface area contributed by atoms with E-state index in [4.69, 9.17) is 0 Å². The Kier molecular flexibility index (Phi) is 3.90. The molecule has 0 amide bonds. The van der Waals surface area contributed by atoms with Crippen LogP contribution in [0.1, 0.15) is 5.69 Å². The molecule has 0 fully saturated rings. The van der Waals surface area contributed by atoms with Crippen LogP contribution in [0, 0.1) is 0 Å². The molecule has 1 N–H and O–H groups in total. The van der Waals surface area contributed by atoms with Gasteiger partial charge in [0.25, 0.3) is 5.56 Å². The molecule has 4 nitrogen and oxygen atoms in total. The molecule has 0 unspecified atom stereocenters. The number of hydrogen-bond acceptors (Lipinski definition) is 4. The van der Waals surface area contributed by atoms with Crippen LogP contribution in [-0.2, 0) is 13.1 Å². The zero-order valence-electron chi connectivity index (χ0n) is 11.0. The molecule has 102 valence electrons. The second kappa shape index (κ2) is 5.98. The van der Waals surface area contributed by atoms with Gasteiger partial charge in [-0.2, -0.15) is 0 Å². The van der Waals surface area contributed by atoms with E-state index >= 15 is 0 Å². The second-order valence-corrected chi connectivity index (χ2v) is 5.46. The minimum Gasteiger partial charge on any atom is -0.314 e. The summed E-state index contributed by atoms with van der Waals surface area (Å²) >= 11 is 1.60. The maximum Gasteiger partial charge on any atom is 0.259 e. The molecule has 3 aromatic heterocycles. The van der Waals surface area contributed by atoms with E-state index in [1.807, 2.05) is 41.9 Å². The number of rotatable bonds is 5. The van der Waals surface area contributed by atoms with Gasteiger partial charge in [-0.15, -0.1) is 11.3 Å². The molecule has 0 atom stereocenters. The first-order chi connectivity index (χ1) is 9.84. The van der Waals surface area contributed by atoms with E-state index in [0.717, 1.165) is 28.9 Å². The van der Waals surface area contributed by atoms with Crippen LogP contribution in [0.15, 0.2) is 52.9 Å². The van der Waals surface area contributed by atoms with Crippen LogP contribution in [-0.4, -0.2) is 16.1 Å². The summed E-state index contributed by atoms with van der Waals surface area (Å²) in [6.45, 7) is 2.12. The lowest BCUT2D eigenvalue weighted by atomic mass is 10.3. The zero-order valence-corrected chi connectivity index (χ0v) is 11.8. The smallest absolute Gasteiger partial charge is 0.259 e. The van der Waals surface area contributed by atoms with Crippen LogP contribution < -0.4 is 10.9 Å². The Balaban J connectivity index is 1.60. The summed E-state index contributed by atoms with van der Waals surface area (Å²) in [5.74, 6) is 0. The van der Waals surface area contributed by atoms with Crippen LogP contribution in [0.2, 0.25) is 0 Å². The van der Waals surface area contributed by atoms with Gasteiger partial charge in [-0.3, -0.25) is 9.78 Å². The monoisotopic (exact) mass is 285 g/mol. The van der Waals surface area contributed by atoms with Crippen LogP contribution in [0.3, 0.4) is 0 Å². The Bertz CT molecular complexity index is 748. The zero-order chi connectivity index (χ0) is 13.8. The molecule has 0 aliphatic carbocycles. The maximum atomic E-state index is 12.2. The summed E-state index contributed by atoms with van der Waals surface area (Å²) in [4.78, 5) is 16.4. The fourth-order valence-corrected chi connectivity index (χ4v) is 2.87. The third-order valence-corrected chi connectivity index (χ3v) is 4.04. The van der Waals surface area contributed by atoms with E-state index < -0.39 is 0 Å². The molecule has 0 aliphatic heterocycles. The first-order valence-corrected chi connectivity index (χ1v) is 7.40. The van der Waals surface area contributed by atoms with Crippen molar-refractivity contribution in [1.82, 2.24) is 14.9 Å². The number of nitrogens with one attached hydrogen (secondary N) is 1. The average molecular weight is 285 g/mol. The fourth-order valence-electron chi connectivity index (χ4n) is 2.10. The Morgan fingerprint density at radius 1 is 1.25 bits per heavy atom. The SMILES string of the molecule is O=c1c2ccsc2ccn1CCNCc1ccccn1. The number of nitrogens with zero attached hydrogens (tertiary/aromatic N) is 2. The van der Waals surface area contributed by atoms with E-state index in [-0.39, 0.29) is 5.56 Å². The van der Waals surface area contributed by atoms with Crippen LogP contribution in [0.5, 0.6) is 0 Å². The van der Waals surface area contributed by atoms with E-state index in [1.165, 1.54) is 0 Å². The van der Waals surface area contributed by atoms with E-state index in [1.54, 1.807) is 22.1 Å². The predicted molar refractivity (Wildman–Crippen MR) is 82.0 cm³/mol. The molecule has 3 aromatic rings. The molecule has 3 heterocycles. The highest BCUT2D eigenvalue weighted by molar-refractivity contribution is 7.17. The molecular weight excluding hydrogens is 270 g/mol. The van der Waals surface area contributed by atoms with Crippen molar-refractivity contribution in [3.05, 3.63) is 64.2 Å². The molecule has 3 rings (SSSR count). The number of hydrogen-bond donors (Lipinski definition) is 1. The number of pyridine rings is 2. The summed E-state index contributed by atoms with van der Waals surface area (Å²) in [5.41, 5.74) is 1.09. The Morgan fingerprint density at radius 3 is 3.05 bits per heavy atom. The standard InChI is InChI=1S/C15H15N3OS/c19-15-13-5-10-20-14(13)4-8-18(15)9-7-16-11-12-3-1-2-6-17-12/h1-6,8,10,16H,7,9,11H2. The normalized spacial score (nSPS) is 11.0. The van der Waals surface area contributed by atoms with Crippen molar-refractivity contribution in [3.8, 4) is 0 Å². The topological polar surface area (TPSA) is 46.9 Å². The molecule has 0 saturated carbocycles. The number of aromatic nitrogens is 2. The lowest BCUT2D eigenvalue weighted by Crippen LogP contribution is -2.26. The molecule has 5 heteroatoms. The van der Waals surface area contributed by atoms with Crippen molar-refractivity contribution >= 4 is 21.4 Å². The molecule has 20 heavy (non-hydrogen) atoms. The minimum atomic E-state index is 0.0865. The molecule has 0 spiro atoms. The van der Waals surface area contributed by atoms with E-state index in [9.17, 15) is 4.79 Å².